The van der Waals surface area contributed by atoms with Crippen LogP contribution in [0.5, 0.6) is 5.75 Å². The molecule has 1 atom stereocenters. The van der Waals surface area contributed by atoms with E-state index in [-0.39, 0.29) is 30.5 Å². The number of hydrogen-bond acceptors (Lipinski definition) is 2. The summed E-state index contributed by atoms with van der Waals surface area (Å²) in [5, 5.41) is 15.2. The SMILES string of the molecule is CCNC(=NCc1ccc(O)c(F)c1)NC(C)c1ccc(F)cc1F.I. The molecule has 0 aliphatic rings. The first kappa shape index (κ1) is 22.1. The van der Waals surface area contributed by atoms with Gasteiger partial charge in [0.25, 0.3) is 0 Å². The summed E-state index contributed by atoms with van der Waals surface area (Å²) in [6.07, 6.45) is 0. The molecule has 2 rings (SSSR count). The van der Waals surface area contributed by atoms with Crippen LogP contribution in [-0.4, -0.2) is 17.6 Å². The zero-order chi connectivity index (χ0) is 18.4. The summed E-state index contributed by atoms with van der Waals surface area (Å²) in [6.45, 7) is 4.35. The molecule has 8 heteroatoms. The van der Waals surface area contributed by atoms with E-state index in [4.69, 9.17) is 0 Å². The summed E-state index contributed by atoms with van der Waals surface area (Å²) in [6, 6.07) is 6.98. The maximum Gasteiger partial charge on any atom is 0.192 e. The maximum atomic E-state index is 13.9. The normalized spacial score (nSPS) is 12.3. The van der Waals surface area contributed by atoms with E-state index in [9.17, 15) is 18.3 Å². The van der Waals surface area contributed by atoms with Crippen LogP contribution >= 0.6 is 24.0 Å². The van der Waals surface area contributed by atoms with Gasteiger partial charge in [0.05, 0.1) is 12.6 Å². The first-order valence-corrected chi connectivity index (χ1v) is 7.88. The van der Waals surface area contributed by atoms with E-state index in [0.717, 1.165) is 6.07 Å². The van der Waals surface area contributed by atoms with Gasteiger partial charge in [-0.1, -0.05) is 12.1 Å². The van der Waals surface area contributed by atoms with Crippen LogP contribution in [0.1, 0.15) is 31.0 Å². The third kappa shape index (κ3) is 6.08. The van der Waals surface area contributed by atoms with Gasteiger partial charge in [-0.2, -0.15) is 0 Å². The quantitative estimate of drug-likeness (QED) is 0.342. The molecule has 2 aromatic rings. The molecule has 0 aromatic heterocycles. The van der Waals surface area contributed by atoms with E-state index in [1.54, 1.807) is 13.0 Å². The van der Waals surface area contributed by atoms with Crippen molar-refractivity contribution in [1.29, 1.82) is 0 Å². The minimum Gasteiger partial charge on any atom is -0.505 e. The lowest BCUT2D eigenvalue weighted by Crippen LogP contribution is -2.39. The van der Waals surface area contributed by atoms with Crippen LogP contribution in [0.2, 0.25) is 0 Å². The van der Waals surface area contributed by atoms with Crippen LogP contribution in [0, 0.1) is 17.5 Å². The molecule has 142 valence electrons. The molecule has 0 saturated carbocycles. The van der Waals surface area contributed by atoms with Crippen LogP contribution in [0.4, 0.5) is 13.2 Å². The number of halogens is 4. The summed E-state index contributed by atoms with van der Waals surface area (Å²) in [7, 11) is 0. The number of rotatable bonds is 5. The van der Waals surface area contributed by atoms with Gasteiger partial charge in [-0.05, 0) is 37.6 Å². The average molecular weight is 479 g/mol. The number of hydrogen-bond donors (Lipinski definition) is 3. The molecule has 0 saturated heterocycles. The monoisotopic (exact) mass is 479 g/mol. The predicted octanol–water partition coefficient (Wildman–Crippen LogP) is 4.24. The lowest BCUT2D eigenvalue weighted by Gasteiger charge is -2.18. The van der Waals surface area contributed by atoms with Crippen molar-refractivity contribution in [1.82, 2.24) is 10.6 Å². The number of nitrogens with one attached hydrogen (secondary N) is 2. The number of aliphatic imine (C=N–C) groups is 1. The van der Waals surface area contributed by atoms with Gasteiger partial charge < -0.3 is 15.7 Å². The fourth-order valence-electron chi connectivity index (χ4n) is 2.27. The second kappa shape index (κ2) is 10.2. The fraction of sp³-hybridized carbons (Fsp3) is 0.278. The Morgan fingerprint density at radius 3 is 2.46 bits per heavy atom. The molecule has 4 nitrogen and oxygen atoms in total. The van der Waals surface area contributed by atoms with Crippen molar-refractivity contribution in [3.8, 4) is 5.75 Å². The average Bonchev–Trinajstić information content (AvgIpc) is 2.55. The first-order chi connectivity index (χ1) is 11.9. The highest BCUT2D eigenvalue weighted by Crippen LogP contribution is 2.18. The summed E-state index contributed by atoms with van der Waals surface area (Å²) in [5.41, 5.74) is 0.885. The zero-order valence-corrected chi connectivity index (χ0v) is 16.7. The highest BCUT2D eigenvalue weighted by Gasteiger charge is 2.13. The van der Waals surface area contributed by atoms with Crippen molar-refractivity contribution < 1.29 is 18.3 Å². The predicted molar refractivity (Wildman–Crippen MR) is 106 cm³/mol. The van der Waals surface area contributed by atoms with Crippen LogP contribution < -0.4 is 10.6 Å². The zero-order valence-electron chi connectivity index (χ0n) is 14.4. The number of guanidine groups is 1. The minimum absolute atomic E-state index is 0. The van der Waals surface area contributed by atoms with E-state index in [2.05, 4.69) is 15.6 Å². The highest BCUT2D eigenvalue weighted by molar-refractivity contribution is 14.0. The number of phenolic OH excluding ortho intramolecular Hbond substituents is 1. The van der Waals surface area contributed by atoms with Crippen LogP contribution in [0.3, 0.4) is 0 Å². The molecule has 0 fully saturated rings. The second-order valence-electron chi connectivity index (χ2n) is 5.51. The third-order valence-electron chi connectivity index (χ3n) is 3.56. The summed E-state index contributed by atoms with van der Waals surface area (Å²) in [5.74, 6) is -2.00. The number of benzene rings is 2. The topological polar surface area (TPSA) is 56.7 Å². The second-order valence-corrected chi connectivity index (χ2v) is 5.51. The minimum atomic E-state index is -0.715. The van der Waals surface area contributed by atoms with Crippen LogP contribution in [0.25, 0.3) is 0 Å². The number of nitrogens with zero attached hydrogens (tertiary/aromatic N) is 1. The largest absolute Gasteiger partial charge is 0.505 e. The first-order valence-electron chi connectivity index (χ1n) is 7.88. The molecular weight excluding hydrogens is 458 g/mol. The van der Waals surface area contributed by atoms with Crippen molar-refractivity contribution in [2.24, 2.45) is 4.99 Å². The Balaban J connectivity index is 0.00000338. The molecule has 0 aliphatic heterocycles. The Bertz CT molecular complexity index is 771. The highest BCUT2D eigenvalue weighted by atomic mass is 127. The smallest absolute Gasteiger partial charge is 0.192 e. The molecule has 0 heterocycles. The Morgan fingerprint density at radius 1 is 1.12 bits per heavy atom. The molecular formula is C18H21F3IN3O. The fourth-order valence-corrected chi connectivity index (χ4v) is 2.27. The van der Waals surface area contributed by atoms with Gasteiger partial charge in [-0.15, -0.1) is 24.0 Å². The van der Waals surface area contributed by atoms with Crippen molar-refractivity contribution in [2.75, 3.05) is 6.54 Å². The number of phenols is 1. The molecule has 0 radical (unpaired) electrons. The van der Waals surface area contributed by atoms with Gasteiger partial charge in [-0.25, -0.2) is 18.2 Å². The molecule has 26 heavy (non-hydrogen) atoms. The van der Waals surface area contributed by atoms with E-state index < -0.39 is 29.2 Å². The third-order valence-corrected chi connectivity index (χ3v) is 3.56. The molecule has 1 unspecified atom stereocenters. The van der Waals surface area contributed by atoms with Crippen LogP contribution in [-0.2, 0) is 6.54 Å². The molecule has 0 aliphatic carbocycles. The van der Waals surface area contributed by atoms with Crippen molar-refractivity contribution in [3.05, 3.63) is 65.0 Å². The van der Waals surface area contributed by atoms with Crippen molar-refractivity contribution in [3.63, 3.8) is 0 Å². The van der Waals surface area contributed by atoms with Gasteiger partial charge in [0.1, 0.15) is 11.6 Å². The lowest BCUT2D eigenvalue weighted by atomic mass is 10.1. The Hall–Kier alpha value is -1.97. The lowest BCUT2D eigenvalue weighted by molar-refractivity contribution is 0.432. The Kier molecular flexibility index (Phi) is 8.70. The maximum absolute atomic E-state index is 13.9. The van der Waals surface area contributed by atoms with Gasteiger partial charge in [-0.3, -0.25) is 0 Å². The van der Waals surface area contributed by atoms with E-state index in [0.29, 0.717) is 23.6 Å². The molecule has 2 aromatic carbocycles. The van der Waals surface area contributed by atoms with Gasteiger partial charge in [0.15, 0.2) is 17.5 Å². The summed E-state index contributed by atoms with van der Waals surface area (Å²) < 4.78 is 40.2. The van der Waals surface area contributed by atoms with E-state index >= 15 is 0 Å². The van der Waals surface area contributed by atoms with Crippen molar-refractivity contribution >= 4 is 29.9 Å². The van der Waals surface area contributed by atoms with Crippen molar-refractivity contribution in [2.45, 2.75) is 26.4 Å². The van der Waals surface area contributed by atoms with Gasteiger partial charge in [0, 0.05) is 18.2 Å². The molecule has 3 N–H and O–H groups in total. The Labute approximate surface area is 167 Å². The standard InChI is InChI=1S/C18H20F3N3O.HI/c1-3-22-18(23-10-12-4-7-17(25)16(21)8-12)24-11(2)14-6-5-13(19)9-15(14)20;/h4-9,11,25H,3,10H2,1-2H3,(H2,22,23,24);1H. The number of aromatic hydroxyl groups is 1. The van der Waals surface area contributed by atoms with Gasteiger partial charge in [0.2, 0.25) is 0 Å². The molecule has 0 amide bonds. The molecule has 0 bridgehead atoms. The van der Waals surface area contributed by atoms with E-state index in [1.807, 2.05) is 6.92 Å². The van der Waals surface area contributed by atoms with E-state index in [1.165, 1.54) is 24.3 Å². The Morgan fingerprint density at radius 2 is 1.85 bits per heavy atom. The van der Waals surface area contributed by atoms with Crippen LogP contribution in [0.15, 0.2) is 41.4 Å². The summed E-state index contributed by atoms with van der Waals surface area (Å²) >= 11 is 0. The van der Waals surface area contributed by atoms with Gasteiger partial charge >= 0.3 is 0 Å². The summed E-state index contributed by atoms with van der Waals surface area (Å²) in [4.78, 5) is 4.32. The molecule has 0 spiro atoms.